The minimum Gasteiger partial charge on any atom is -0.386 e. The van der Waals surface area contributed by atoms with E-state index in [0.717, 1.165) is 0 Å². The molecular weight excluding hydrogens is 472 g/mol. The van der Waals surface area contributed by atoms with Gasteiger partial charge in [0.1, 0.15) is 34.3 Å². The number of nitrogens with two attached hydrogens (primary N) is 1. The number of nitrogens with zero attached hydrogens (tertiary/aromatic N) is 6. The second-order valence-electron chi connectivity index (χ2n) is 8.22. The number of rotatable bonds is 4. The summed E-state index contributed by atoms with van der Waals surface area (Å²) >= 11 is 5.87. The van der Waals surface area contributed by atoms with Crippen molar-refractivity contribution in [1.29, 1.82) is 0 Å². The van der Waals surface area contributed by atoms with E-state index in [2.05, 4.69) is 24.7 Å². The van der Waals surface area contributed by atoms with Crippen LogP contribution in [0.4, 0.5) is 8.78 Å². The summed E-state index contributed by atoms with van der Waals surface area (Å²) in [5.41, 5.74) is 5.13. The minimum absolute atomic E-state index is 0.0356. The molecule has 0 saturated carbocycles. The van der Waals surface area contributed by atoms with E-state index in [1.165, 1.54) is 36.1 Å². The number of pyridine rings is 1. The molecule has 0 fully saturated rings. The zero-order valence-corrected chi connectivity index (χ0v) is 19.7. The number of amidine groups is 1. The Hall–Kier alpha value is -2.92. The van der Waals surface area contributed by atoms with Gasteiger partial charge >= 0.3 is 0 Å². The van der Waals surface area contributed by atoms with Gasteiger partial charge in [-0.3, -0.25) is 4.99 Å². The molecule has 1 aliphatic heterocycles. The van der Waals surface area contributed by atoms with Crippen molar-refractivity contribution < 1.29 is 13.0 Å². The lowest BCUT2D eigenvalue weighted by Crippen LogP contribution is -2.56. The van der Waals surface area contributed by atoms with Crippen LogP contribution in [0.5, 0.6) is 0 Å². The number of aliphatic imine (C=N–C) groups is 1. The number of hydrogen-bond acceptors (Lipinski definition) is 7. The molecule has 3 heterocycles. The lowest BCUT2D eigenvalue weighted by Gasteiger charge is -2.41. The first-order valence-electron chi connectivity index (χ1n) is 9.94. The molecule has 0 bridgehead atoms. The quantitative estimate of drug-likeness (QED) is 0.597. The van der Waals surface area contributed by atoms with Crippen LogP contribution in [0.25, 0.3) is 17.1 Å². The minimum atomic E-state index is -3.04. The Morgan fingerprint density at radius 3 is 2.70 bits per heavy atom. The van der Waals surface area contributed by atoms with Gasteiger partial charge in [-0.25, -0.2) is 27.0 Å². The summed E-state index contributed by atoms with van der Waals surface area (Å²) in [6, 6.07) is 7.45. The maximum atomic E-state index is 15.0. The topological polar surface area (TPSA) is 111 Å². The smallest absolute Gasteiger partial charge is 0.155 e. The summed E-state index contributed by atoms with van der Waals surface area (Å²) in [5.74, 6) is -0.552. The monoisotopic (exact) mass is 493 g/mol. The van der Waals surface area contributed by atoms with Crippen molar-refractivity contribution in [1.82, 2.24) is 20.0 Å². The van der Waals surface area contributed by atoms with Crippen molar-refractivity contribution in [3.8, 4) is 17.1 Å². The molecule has 1 aromatic carbocycles. The van der Waals surface area contributed by atoms with E-state index in [0.29, 0.717) is 22.1 Å². The lowest BCUT2D eigenvalue weighted by molar-refractivity contribution is 0.327. The zero-order chi connectivity index (χ0) is 24.0. The molecule has 0 spiro atoms. The van der Waals surface area contributed by atoms with Gasteiger partial charge in [0.25, 0.3) is 0 Å². The fraction of sp³-hybridized carbons (Fsp3) is 0.333. The fourth-order valence-corrected chi connectivity index (χ4v) is 6.06. The van der Waals surface area contributed by atoms with E-state index in [-0.39, 0.29) is 17.2 Å². The molecular formula is C21H22ClF2N7OS. The van der Waals surface area contributed by atoms with Crippen LogP contribution in [-0.4, -0.2) is 54.2 Å². The Bertz CT molecular complexity index is 1360. The number of alkyl halides is 1. The highest BCUT2D eigenvalue weighted by Crippen LogP contribution is 2.40. The Morgan fingerprint density at radius 2 is 2.06 bits per heavy atom. The van der Waals surface area contributed by atoms with Crippen LogP contribution in [0.3, 0.4) is 0 Å². The number of aromatic nitrogens is 4. The van der Waals surface area contributed by atoms with Gasteiger partial charge in [0.15, 0.2) is 5.82 Å². The van der Waals surface area contributed by atoms with Gasteiger partial charge in [0.2, 0.25) is 0 Å². The average molecular weight is 494 g/mol. The van der Waals surface area contributed by atoms with Gasteiger partial charge in [-0.1, -0.05) is 16.8 Å². The Kier molecular flexibility index (Phi) is 5.73. The second-order valence-corrected chi connectivity index (χ2v) is 11.6. The van der Waals surface area contributed by atoms with E-state index >= 15 is 4.39 Å². The van der Waals surface area contributed by atoms with E-state index in [1.807, 2.05) is 0 Å². The number of hydrogen-bond donors (Lipinski definition) is 1. The van der Waals surface area contributed by atoms with E-state index < -0.39 is 32.5 Å². The Balaban J connectivity index is 1.82. The summed E-state index contributed by atoms with van der Waals surface area (Å²) in [4.78, 5) is 8.51. The van der Waals surface area contributed by atoms with Crippen molar-refractivity contribution >= 4 is 27.2 Å². The Labute approximate surface area is 195 Å². The molecule has 4 rings (SSSR count). The first-order valence-corrected chi connectivity index (χ1v) is 12.0. The molecule has 33 heavy (non-hydrogen) atoms. The third-order valence-electron chi connectivity index (χ3n) is 5.90. The molecule has 8 nitrogen and oxygen atoms in total. The summed E-state index contributed by atoms with van der Waals surface area (Å²) in [7, 11) is -1.65. The number of halogens is 3. The highest BCUT2D eigenvalue weighted by molar-refractivity contribution is 7.95. The van der Waals surface area contributed by atoms with Crippen LogP contribution < -0.4 is 5.73 Å². The standard InChI is InChI=1S/C21H22ClF2N7OS/c1-20(2)19(25)28-21(11-23,12-33(20,32)26-3)15-8-13(4-6-16(15)24)17-10-31(30-29-17)18-7-5-14(22)9-27-18/h4-10H,11-12H2,1-3H3,(H2,25,28)/t21-,33+/m0/s1. The maximum Gasteiger partial charge on any atom is 0.155 e. The number of benzene rings is 1. The molecule has 12 heteroatoms. The molecule has 0 unspecified atom stereocenters. The van der Waals surface area contributed by atoms with Crippen LogP contribution >= 0.6 is 11.6 Å². The molecule has 3 aromatic rings. The molecule has 2 aromatic heterocycles. The predicted octanol–water partition coefficient (Wildman–Crippen LogP) is 3.53. The SMILES string of the molecule is CN=[S@@]1(=O)C[C@@](CF)(c2cc(-c3cn(-c4ccc(Cl)cn4)nn3)ccc2F)N=C(N)C1(C)C. The van der Waals surface area contributed by atoms with Gasteiger partial charge in [0, 0.05) is 24.4 Å². The lowest BCUT2D eigenvalue weighted by atomic mass is 9.90. The van der Waals surface area contributed by atoms with Crippen molar-refractivity contribution in [2.24, 2.45) is 15.1 Å². The summed E-state index contributed by atoms with van der Waals surface area (Å²) < 4.78 is 47.5. The van der Waals surface area contributed by atoms with Crippen molar-refractivity contribution in [3.63, 3.8) is 0 Å². The van der Waals surface area contributed by atoms with Crippen LogP contribution in [-0.2, 0) is 15.3 Å². The summed E-state index contributed by atoms with van der Waals surface area (Å²) in [6.45, 7) is 2.18. The molecule has 0 saturated heterocycles. The highest BCUT2D eigenvalue weighted by Gasteiger charge is 2.50. The predicted molar refractivity (Wildman–Crippen MR) is 124 cm³/mol. The molecule has 1 aliphatic rings. The van der Waals surface area contributed by atoms with Crippen LogP contribution in [0.2, 0.25) is 5.02 Å². The van der Waals surface area contributed by atoms with Crippen LogP contribution in [0.15, 0.2) is 52.1 Å². The van der Waals surface area contributed by atoms with E-state index in [9.17, 15) is 8.60 Å². The molecule has 2 N–H and O–H groups in total. The molecule has 0 amide bonds. The van der Waals surface area contributed by atoms with E-state index in [1.54, 1.807) is 32.2 Å². The third-order valence-corrected chi connectivity index (χ3v) is 9.39. The zero-order valence-electron chi connectivity index (χ0n) is 18.2. The molecule has 174 valence electrons. The van der Waals surface area contributed by atoms with Gasteiger partial charge in [-0.15, -0.1) is 5.10 Å². The van der Waals surface area contributed by atoms with Gasteiger partial charge in [-0.05, 0) is 44.2 Å². The second kappa shape index (κ2) is 8.14. The van der Waals surface area contributed by atoms with Gasteiger partial charge < -0.3 is 5.73 Å². The average Bonchev–Trinajstić information content (AvgIpc) is 3.28. The van der Waals surface area contributed by atoms with Gasteiger partial charge in [-0.2, -0.15) is 0 Å². The highest BCUT2D eigenvalue weighted by atomic mass is 35.5. The van der Waals surface area contributed by atoms with Crippen LogP contribution in [0.1, 0.15) is 19.4 Å². The van der Waals surface area contributed by atoms with Crippen molar-refractivity contribution in [2.75, 3.05) is 19.5 Å². The van der Waals surface area contributed by atoms with Gasteiger partial charge in [0.05, 0.1) is 26.7 Å². The normalized spacial score (nSPS) is 24.4. The summed E-state index contributed by atoms with van der Waals surface area (Å²) in [6.07, 6.45) is 3.07. The molecule has 2 atom stereocenters. The van der Waals surface area contributed by atoms with Crippen molar-refractivity contribution in [2.45, 2.75) is 24.1 Å². The van der Waals surface area contributed by atoms with E-state index in [4.69, 9.17) is 17.3 Å². The largest absolute Gasteiger partial charge is 0.386 e. The maximum absolute atomic E-state index is 15.0. The third kappa shape index (κ3) is 3.78. The fourth-order valence-electron chi connectivity index (χ4n) is 3.69. The van der Waals surface area contributed by atoms with Crippen LogP contribution in [0, 0.1) is 5.82 Å². The first-order chi connectivity index (χ1) is 15.5. The van der Waals surface area contributed by atoms with Crippen molar-refractivity contribution in [3.05, 3.63) is 59.1 Å². The Morgan fingerprint density at radius 1 is 1.30 bits per heavy atom. The molecule has 0 aliphatic carbocycles. The first kappa shape index (κ1) is 23.2. The molecule has 0 radical (unpaired) electrons. The summed E-state index contributed by atoms with van der Waals surface area (Å²) in [5, 5.41) is 8.64.